The summed E-state index contributed by atoms with van der Waals surface area (Å²) in [6.07, 6.45) is 2.43. The monoisotopic (exact) mass is 372 g/mol. The number of hydrogen-bond acceptors (Lipinski definition) is 3. The van der Waals surface area contributed by atoms with E-state index in [1.165, 1.54) is 18.2 Å². The summed E-state index contributed by atoms with van der Waals surface area (Å²) in [5.74, 6) is -0.827. The van der Waals surface area contributed by atoms with Crippen molar-refractivity contribution in [2.45, 2.75) is 19.4 Å². The van der Waals surface area contributed by atoms with Crippen molar-refractivity contribution in [3.8, 4) is 5.75 Å². The number of hydrogen-bond donors (Lipinski definition) is 1. The van der Waals surface area contributed by atoms with Gasteiger partial charge in [0.2, 0.25) is 0 Å². The van der Waals surface area contributed by atoms with Gasteiger partial charge in [-0.05, 0) is 54.5 Å². The Bertz CT molecular complexity index is 973. The minimum Gasteiger partial charge on any atom is -0.490 e. The molecule has 1 N–H and O–H groups in total. The molecule has 4 rings (SSSR count). The van der Waals surface area contributed by atoms with E-state index >= 15 is 0 Å². The Labute approximate surface area is 154 Å². The number of halogens is 2. The first-order valence-corrected chi connectivity index (χ1v) is 8.42. The van der Waals surface area contributed by atoms with Gasteiger partial charge in [-0.2, -0.15) is 0 Å². The number of nitrogens with one attached hydrogen (secondary N) is 1. The van der Waals surface area contributed by atoms with Gasteiger partial charge in [0.05, 0.1) is 10.7 Å². The Balaban J connectivity index is 1.64. The van der Waals surface area contributed by atoms with Crippen molar-refractivity contribution >= 4 is 35.2 Å². The molecule has 0 bridgehead atoms. The molecule has 0 aromatic heterocycles. The first kappa shape index (κ1) is 16.6. The smallest absolute Gasteiger partial charge is 0.282 e. The van der Waals surface area contributed by atoms with Gasteiger partial charge in [-0.1, -0.05) is 17.7 Å². The number of fused-ring (bicyclic) bond motifs is 1. The molecule has 132 valence electrons. The Hall–Kier alpha value is -2.86. The highest BCUT2D eigenvalue weighted by Gasteiger charge is 2.34. The first-order chi connectivity index (χ1) is 12.4. The number of nitrogens with zero attached hydrogens (tertiary/aromatic N) is 1. The van der Waals surface area contributed by atoms with E-state index in [0.717, 1.165) is 34.4 Å². The van der Waals surface area contributed by atoms with Gasteiger partial charge >= 0.3 is 0 Å². The third-order valence-corrected chi connectivity index (χ3v) is 4.57. The number of amides is 2. The van der Waals surface area contributed by atoms with Crippen LogP contribution in [-0.2, 0) is 16.0 Å². The highest BCUT2D eigenvalue weighted by Crippen LogP contribution is 2.31. The van der Waals surface area contributed by atoms with Crippen LogP contribution in [0.5, 0.6) is 5.75 Å². The van der Waals surface area contributed by atoms with Crippen LogP contribution in [0.1, 0.15) is 18.1 Å². The maximum Gasteiger partial charge on any atom is 0.282 e. The van der Waals surface area contributed by atoms with Crippen molar-refractivity contribution < 1.29 is 18.7 Å². The van der Waals surface area contributed by atoms with Crippen molar-refractivity contribution in [3.63, 3.8) is 0 Å². The molecule has 2 aliphatic rings. The molecule has 7 heteroatoms. The lowest BCUT2D eigenvalue weighted by molar-refractivity contribution is -0.117. The molecule has 0 aliphatic carbocycles. The van der Waals surface area contributed by atoms with Crippen molar-refractivity contribution in [3.05, 3.63) is 63.9 Å². The number of carbonyl (C=O) groups is 2. The predicted molar refractivity (Wildman–Crippen MR) is 95.3 cm³/mol. The van der Waals surface area contributed by atoms with E-state index in [1.807, 2.05) is 19.1 Å². The molecular formula is C19H14ClFN2O3. The molecule has 0 radical (unpaired) electrons. The van der Waals surface area contributed by atoms with E-state index in [-0.39, 0.29) is 22.4 Å². The van der Waals surface area contributed by atoms with Crippen LogP contribution < -0.4 is 15.2 Å². The van der Waals surface area contributed by atoms with E-state index in [4.69, 9.17) is 16.3 Å². The molecule has 2 aliphatic heterocycles. The van der Waals surface area contributed by atoms with Gasteiger partial charge in [-0.25, -0.2) is 9.40 Å². The molecule has 5 nitrogen and oxygen atoms in total. The second-order valence-electron chi connectivity index (χ2n) is 6.24. The lowest BCUT2D eigenvalue weighted by Gasteiger charge is -2.14. The second-order valence-corrected chi connectivity index (χ2v) is 6.64. The molecule has 2 heterocycles. The van der Waals surface area contributed by atoms with Crippen molar-refractivity contribution in [1.29, 1.82) is 0 Å². The molecule has 0 spiro atoms. The highest BCUT2D eigenvalue weighted by atomic mass is 35.5. The van der Waals surface area contributed by atoms with Gasteiger partial charge in [-0.15, -0.1) is 0 Å². The maximum absolute atomic E-state index is 13.3. The molecule has 2 aromatic carbocycles. The van der Waals surface area contributed by atoms with Gasteiger partial charge in [0.15, 0.2) is 0 Å². The first-order valence-electron chi connectivity index (χ1n) is 8.04. The van der Waals surface area contributed by atoms with Gasteiger partial charge in [0.1, 0.15) is 23.2 Å². The molecule has 2 amide bonds. The summed E-state index contributed by atoms with van der Waals surface area (Å²) >= 11 is 5.76. The summed E-state index contributed by atoms with van der Waals surface area (Å²) in [7, 11) is 0. The maximum atomic E-state index is 13.3. The van der Waals surface area contributed by atoms with Crippen molar-refractivity contribution in [1.82, 2.24) is 5.43 Å². The molecule has 1 unspecified atom stereocenters. The topological polar surface area (TPSA) is 58.6 Å². The van der Waals surface area contributed by atoms with Crippen LogP contribution in [0.4, 0.5) is 10.1 Å². The molecule has 1 fully saturated rings. The summed E-state index contributed by atoms with van der Waals surface area (Å²) in [6.45, 7) is 1.98. The molecule has 2 aromatic rings. The summed E-state index contributed by atoms with van der Waals surface area (Å²) in [5.41, 5.74) is 4.53. The fourth-order valence-corrected chi connectivity index (χ4v) is 3.24. The Morgan fingerprint density at radius 3 is 2.85 bits per heavy atom. The highest BCUT2D eigenvalue weighted by molar-refractivity contribution is 6.33. The standard InChI is InChI=1S/C19H14ClFN2O3/c1-10-6-12-7-11(2-5-17(12)26-10)8-14-18(24)22-23(19(14)25)13-3-4-16(21)15(20)9-13/h2-5,7-10H,6H2,1H3,(H,22,24)/b14-8+. The van der Waals surface area contributed by atoms with Crippen LogP contribution in [0, 0.1) is 5.82 Å². The lowest BCUT2D eigenvalue weighted by atomic mass is 10.0. The molecule has 0 saturated carbocycles. The molecular weight excluding hydrogens is 359 g/mol. The number of carbonyl (C=O) groups excluding carboxylic acids is 2. The minimum absolute atomic E-state index is 0.00244. The van der Waals surface area contributed by atoms with Crippen LogP contribution in [-0.4, -0.2) is 17.9 Å². The Kier molecular flexibility index (Phi) is 3.92. The van der Waals surface area contributed by atoms with Gasteiger partial charge in [-0.3, -0.25) is 15.0 Å². The number of rotatable bonds is 2. The Morgan fingerprint density at radius 2 is 2.08 bits per heavy atom. The third-order valence-electron chi connectivity index (χ3n) is 4.28. The van der Waals surface area contributed by atoms with E-state index in [0.29, 0.717) is 0 Å². The SMILES string of the molecule is CC1Cc2cc(/C=C3\C(=O)NN(c4ccc(F)c(Cl)c4)C3=O)ccc2O1. The zero-order chi connectivity index (χ0) is 18.4. The van der Waals surface area contributed by atoms with Gasteiger partial charge in [0, 0.05) is 6.42 Å². The third kappa shape index (κ3) is 2.82. The molecule has 26 heavy (non-hydrogen) atoms. The summed E-state index contributed by atoms with van der Waals surface area (Å²) < 4.78 is 19.0. The van der Waals surface area contributed by atoms with E-state index in [1.54, 1.807) is 6.07 Å². The fourth-order valence-electron chi connectivity index (χ4n) is 3.06. The van der Waals surface area contributed by atoms with E-state index in [2.05, 4.69) is 5.43 Å². The fraction of sp³-hybridized carbons (Fsp3) is 0.158. The van der Waals surface area contributed by atoms with Gasteiger partial charge < -0.3 is 4.74 Å². The zero-order valence-corrected chi connectivity index (χ0v) is 14.5. The predicted octanol–water partition coefficient (Wildman–Crippen LogP) is 3.26. The quantitative estimate of drug-likeness (QED) is 0.650. The second kappa shape index (κ2) is 6.14. The zero-order valence-electron chi connectivity index (χ0n) is 13.8. The largest absolute Gasteiger partial charge is 0.490 e. The van der Waals surface area contributed by atoms with Crippen LogP contribution in [0.15, 0.2) is 42.0 Å². The molecule has 1 saturated heterocycles. The van der Waals surface area contributed by atoms with Crippen LogP contribution >= 0.6 is 11.6 Å². The van der Waals surface area contributed by atoms with E-state index in [9.17, 15) is 14.0 Å². The summed E-state index contributed by atoms with van der Waals surface area (Å²) in [5, 5.41) is 0.924. The van der Waals surface area contributed by atoms with Crippen LogP contribution in [0.2, 0.25) is 5.02 Å². The number of hydrazine groups is 1. The minimum atomic E-state index is -0.598. The normalized spacial score (nSPS) is 20.3. The van der Waals surface area contributed by atoms with Crippen molar-refractivity contribution in [2.75, 3.05) is 5.01 Å². The van der Waals surface area contributed by atoms with Crippen LogP contribution in [0.25, 0.3) is 6.08 Å². The number of anilines is 1. The lowest BCUT2D eigenvalue weighted by Crippen LogP contribution is -2.35. The summed E-state index contributed by atoms with van der Waals surface area (Å²) in [4.78, 5) is 24.9. The number of benzene rings is 2. The Morgan fingerprint density at radius 1 is 1.27 bits per heavy atom. The molecule has 1 atom stereocenters. The van der Waals surface area contributed by atoms with E-state index < -0.39 is 17.6 Å². The van der Waals surface area contributed by atoms with Crippen molar-refractivity contribution in [2.24, 2.45) is 0 Å². The number of ether oxygens (including phenoxy) is 1. The summed E-state index contributed by atoms with van der Waals surface area (Å²) in [6, 6.07) is 9.33. The van der Waals surface area contributed by atoms with Crippen LogP contribution in [0.3, 0.4) is 0 Å². The van der Waals surface area contributed by atoms with Gasteiger partial charge in [0.25, 0.3) is 11.8 Å². The average Bonchev–Trinajstić information content (AvgIpc) is 3.10. The average molecular weight is 373 g/mol.